The quantitative estimate of drug-likeness (QED) is 0.0967. The van der Waals surface area contributed by atoms with E-state index in [1.807, 2.05) is 24.4 Å². The van der Waals surface area contributed by atoms with Crippen molar-refractivity contribution >= 4 is 34.0 Å². The Morgan fingerprint density at radius 1 is 1.05 bits per heavy atom. The maximum absolute atomic E-state index is 13.4. The second-order valence-corrected chi connectivity index (χ2v) is 9.20. The Kier molecular flexibility index (Phi) is 6.87. The van der Waals surface area contributed by atoms with Crippen LogP contribution >= 0.6 is 0 Å². The lowest BCUT2D eigenvalue weighted by Crippen LogP contribution is -2.31. The zero-order chi connectivity index (χ0) is 28.6. The maximum Gasteiger partial charge on any atom is 0.295 e. The zero-order valence-corrected chi connectivity index (χ0v) is 21.6. The van der Waals surface area contributed by atoms with Crippen LogP contribution in [0.25, 0.3) is 16.7 Å². The molecule has 4 aromatic rings. The number of carbonyl (C=O) groups excluding carboxylic acids is 2. The van der Waals surface area contributed by atoms with Gasteiger partial charge >= 0.3 is 0 Å². The number of phenols is 1. The Bertz CT molecular complexity index is 1670. The summed E-state index contributed by atoms with van der Waals surface area (Å²) in [5.74, 6) is -1.50. The van der Waals surface area contributed by atoms with Crippen LogP contribution in [0.5, 0.6) is 17.2 Å². The highest BCUT2D eigenvalue weighted by Crippen LogP contribution is 2.42. The Morgan fingerprint density at radius 3 is 2.48 bits per heavy atom. The van der Waals surface area contributed by atoms with E-state index < -0.39 is 28.4 Å². The smallest absolute Gasteiger partial charge is 0.295 e. The molecule has 204 valence electrons. The van der Waals surface area contributed by atoms with Crippen LogP contribution in [0.1, 0.15) is 22.7 Å². The lowest BCUT2D eigenvalue weighted by atomic mass is 9.94. The largest absolute Gasteiger partial charge is 0.507 e. The van der Waals surface area contributed by atoms with Crippen molar-refractivity contribution < 1.29 is 34.2 Å². The fourth-order valence-corrected chi connectivity index (χ4v) is 4.95. The number of nitrogens with zero attached hydrogens (tertiary/aromatic N) is 2. The van der Waals surface area contributed by atoms with E-state index in [9.17, 15) is 29.9 Å². The number of Topliss-reactive ketones (excluding diaryl/α,β-unsaturated/α-hetero) is 1. The monoisotopic (exact) mass is 543 g/mol. The summed E-state index contributed by atoms with van der Waals surface area (Å²) in [4.78, 5) is 41.8. The van der Waals surface area contributed by atoms with Gasteiger partial charge in [0.15, 0.2) is 11.5 Å². The standard InChI is InChI=1S/C29H25N3O8/c1-39-20-8-9-22-21(14-20)18(15-30-22)11-12-31-26(17-5-10-23(33)24(13-17)40-2)25(28(35)29(31)36)27(34)16-3-6-19(7-4-16)32(37)38/h3-10,13-15,26,30,33-34H,11-12H2,1-2H3/t26-/m1/s1. The van der Waals surface area contributed by atoms with Crippen molar-refractivity contribution in [1.29, 1.82) is 0 Å². The van der Waals surface area contributed by atoms with Crippen LogP contribution in [0.4, 0.5) is 5.69 Å². The summed E-state index contributed by atoms with van der Waals surface area (Å²) >= 11 is 0. The molecule has 0 aliphatic carbocycles. The Balaban J connectivity index is 1.58. The number of phenolic OH excluding ortho intramolecular Hbond substituents is 1. The first-order chi connectivity index (χ1) is 19.2. The van der Waals surface area contributed by atoms with Crippen molar-refractivity contribution in [3.05, 3.63) is 99.2 Å². The van der Waals surface area contributed by atoms with Crippen molar-refractivity contribution in [1.82, 2.24) is 9.88 Å². The minimum Gasteiger partial charge on any atom is -0.507 e. The van der Waals surface area contributed by atoms with Gasteiger partial charge in [-0.15, -0.1) is 0 Å². The first-order valence-corrected chi connectivity index (χ1v) is 12.3. The Hall–Kier alpha value is -5.32. The average Bonchev–Trinajstić information content (AvgIpc) is 3.48. The predicted octanol–water partition coefficient (Wildman–Crippen LogP) is 4.46. The molecule has 3 aromatic carbocycles. The van der Waals surface area contributed by atoms with E-state index in [2.05, 4.69) is 4.98 Å². The van der Waals surface area contributed by atoms with E-state index in [0.717, 1.165) is 16.5 Å². The third-order valence-electron chi connectivity index (χ3n) is 7.01. The average molecular weight is 544 g/mol. The number of nitro groups is 1. The van der Waals surface area contributed by atoms with Crippen LogP contribution < -0.4 is 9.47 Å². The van der Waals surface area contributed by atoms with Gasteiger partial charge in [-0.2, -0.15) is 0 Å². The molecule has 0 unspecified atom stereocenters. The summed E-state index contributed by atoms with van der Waals surface area (Å²) in [6.07, 6.45) is 2.21. The third kappa shape index (κ3) is 4.57. The van der Waals surface area contributed by atoms with Gasteiger partial charge in [-0.1, -0.05) is 6.07 Å². The predicted molar refractivity (Wildman–Crippen MR) is 145 cm³/mol. The molecule has 40 heavy (non-hydrogen) atoms. The highest BCUT2D eigenvalue weighted by Gasteiger charge is 2.46. The molecule has 2 heterocycles. The van der Waals surface area contributed by atoms with Gasteiger partial charge in [0.05, 0.1) is 30.8 Å². The number of aliphatic hydroxyl groups is 1. The maximum atomic E-state index is 13.4. The number of carbonyl (C=O) groups is 2. The van der Waals surface area contributed by atoms with Crippen LogP contribution in [-0.2, 0) is 16.0 Å². The second-order valence-electron chi connectivity index (χ2n) is 9.20. The van der Waals surface area contributed by atoms with Crippen molar-refractivity contribution in [3.8, 4) is 17.2 Å². The number of hydrogen-bond donors (Lipinski definition) is 3. The van der Waals surface area contributed by atoms with Gasteiger partial charge in [0.25, 0.3) is 17.4 Å². The van der Waals surface area contributed by atoms with E-state index in [4.69, 9.17) is 9.47 Å². The van der Waals surface area contributed by atoms with E-state index in [1.165, 1.54) is 48.4 Å². The third-order valence-corrected chi connectivity index (χ3v) is 7.01. The molecule has 3 N–H and O–H groups in total. The molecule has 0 spiro atoms. The highest BCUT2D eigenvalue weighted by atomic mass is 16.6. The number of methoxy groups -OCH3 is 2. The van der Waals surface area contributed by atoms with Crippen LogP contribution in [0.3, 0.4) is 0 Å². The van der Waals surface area contributed by atoms with Gasteiger partial charge < -0.3 is 29.6 Å². The van der Waals surface area contributed by atoms with E-state index in [-0.39, 0.29) is 34.9 Å². The molecule has 11 heteroatoms. The summed E-state index contributed by atoms with van der Waals surface area (Å²) in [5.41, 5.74) is 1.99. The molecule has 0 saturated carbocycles. The van der Waals surface area contributed by atoms with E-state index in [0.29, 0.717) is 17.7 Å². The fraction of sp³-hybridized carbons (Fsp3) is 0.172. The number of aromatic nitrogens is 1. The van der Waals surface area contributed by atoms with Crippen LogP contribution in [0.15, 0.2) is 72.4 Å². The van der Waals surface area contributed by atoms with Gasteiger partial charge in [0.1, 0.15) is 11.5 Å². The number of amides is 1. The molecule has 0 bridgehead atoms. The van der Waals surface area contributed by atoms with Crippen molar-refractivity contribution in [2.24, 2.45) is 0 Å². The number of aromatic hydroxyl groups is 1. The molecule has 1 atom stereocenters. The number of hydrogen-bond acceptors (Lipinski definition) is 8. The molecular weight excluding hydrogens is 518 g/mol. The SMILES string of the molecule is COc1ccc2[nH]cc(CCN3C(=O)C(=O)C(=C(O)c4ccc([N+](=O)[O-])cc4)[C@H]3c3ccc(O)c(OC)c3)c2c1. The second kappa shape index (κ2) is 10.4. The molecule has 1 aliphatic heterocycles. The minimum atomic E-state index is -1.01. The highest BCUT2D eigenvalue weighted by molar-refractivity contribution is 6.46. The van der Waals surface area contributed by atoms with Gasteiger partial charge in [-0.05, 0) is 60.0 Å². The minimum absolute atomic E-state index is 0.125. The van der Waals surface area contributed by atoms with Gasteiger partial charge in [0, 0.05) is 41.3 Å². The molecule has 1 aromatic heterocycles. The number of non-ortho nitro benzene ring substituents is 1. The number of aliphatic hydroxyl groups excluding tert-OH is 1. The first-order valence-electron chi connectivity index (χ1n) is 12.3. The summed E-state index contributed by atoms with van der Waals surface area (Å²) in [7, 11) is 2.95. The molecule has 1 aliphatic rings. The number of likely N-dealkylation sites (tertiary alicyclic amines) is 1. The van der Waals surface area contributed by atoms with E-state index in [1.54, 1.807) is 13.2 Å². The van der Waals surface area contributed by atoms with Crippen molar-refractivity contribution in [2.45, 2.75) is 12.5 Å². The molecule has 5 rings (SSSR count). The lowest BCUT2D eigenvalue weighted by Gasteiger charge is -2.25. The summed E-state index contributed by atoms with van der Waals surface area (Å²) < 4.78 is 10.6. The molecular formula is C29H25N3O8. The van der Waals surface area contributed by atoms with Crippen LogP contribution in [0.2, 0.25) is 0 Å². The Morgan fingerprint density at radius 2 is 1.80 bits per heavy atom. The first kappa shape index (κ1) is 26.3. The molecule has 1 amide bonds. The molecule has 0 radical (unpaired) electrons. The number of ether oxygens (including phenoxy) is 2. The summed E-state index contributed by atoms with van der Waals surface area (Å²) in [6.45, 7) is 0.125. The van der Waals surface area contributed by atoms with Crippen LogP contribution in [-0.4, -0.2) is 57.5 Å². The summed E-state index contributed by atoms with van der Waals surface area (Å²) in [5, 5.41) is 33.4. The summed E-state index contributed by atoms with van der Waals surface area (Å²) in [6, 6.07) is 14.0. The number of benzene rings is 3. The zero-order valence-electron chi connectivity index (χ0n) is 21.6. The fourth-order valence-electron chi connectivity index (χ4n) is 4.95. The molecule has 1 saturated heterocycles. The number of aromatic amines is 1. The number of nitrogens with one attached hydrogen (secondary N) is 1. The number of ketones is 1. The number of fused-ring (bicyclic) bond motifs is 1. The van der Waals surface area contributed by atoms with Gasteiger partial charge in [-0.3, -0.25) is 19.7 Å². The lowest BCUT2D eigenvalue weighted by molar-refractivity contribution is -0.384. The normalized spacial score (nSPS) is 16.4. The number of rotatable bonds is 8. The van der Waals surface area contributed by atoms with E-state index >= 15 is 0 Å². The molecule has 11 nitrogen and oxygen atoms in total. The molecule has 1 fully saturated rings. The number of nitro benzene ring substituents is 1. The topological polar surface area (TPSA) is 155 Å². The van der Waals surface area contributed by atoms with Crippen LogP contribution in [0, 0.1) is 10.1 Å². The van der Waals surface area contributed by atoms with Crippen molar-refractivity contribution in [2.75, 3.05) is 20.8 Å². The Labute approximate surface area is 228 Å². The van der Waals surface area contributed by atoms with Gasteiger partial charge in [0.2, 0.25) is 0 Å². The van der Waals surface area contributed by atoms with Gasteiger partial charge in [-0.25, -0.2) is 0 Å². The number of H-pyrrole nitrogens is 1. The van der Waals surface area contributed by atoms with Crippen molar-refractivity contribution in [3.63, 3.8) is 0 Å².